The van der Waals surface area contributed by atoms with Crippen molar-refractivity contribution in [2.75, 3.05) is 7.05 Å². The first-order chi connectivity index (χ1) is 13.9. The number of ether oxygens (including phenoxy) is 1. The van der Waals surface area contributed by atoms with E-state index in [4.69, 9.17) is 4.74 Å². The second kappa shape index (κ2) is 8.48. The van der Waals surface area contributed by atoms with Gasteiger partial charge in [-0.15, -0.1) is 0 Å². The van der Waals surface area contributed by atoms with E-state index in [1.165, 1.54) is 11.8 Å². The molecule has 1 aliphatic rings. The van der Waals surface area contributed by atoms with E-state index >= 15 is 0 Å². The minimum atomic E-state index is -0.995. The van der Waals surface area contributed by atoms with Crippen molar-refractivity contribution in [3.63, 3.8) is 0 Å². The molecular formula is C22H26N4O3. The van der Waals surface area contributed by atoms with Crippen LogP contribution < -0.4 is 0 Å². The summed E-state index contributed by atoms with van der Waals surface area (Å²) in [6.45, 7) is 3.53. The Morgan fingerprint density at radius 2 is 1.90 bits per heavy atom. The SMILES string of the molecule is Cc1ccc(-c2cc(C(=O)OC(C)C(=O)N(C)C3(C#N)CCCCC3)[nH]n2)cc1. The minimum Gasteiger partial charge on any atom is -0.448 e. The molecule has 7 nitrogen and oxygen atoms in total. The van der Waals surface area contributed by atoms with Gasteiger partial charge in [0.2, 0.25) is 0 Å². The highest BCUT2D eigenvalue weighted by molar-refractivity contribution is 5.91. The number of aryl methyl sites for hydroxylation is 1. The Labute approximate surface area is 170 Å². The molecule has 0 radical (unpaired) electrons. The molecule has 2 aromatic rings. The number of amides is 1. The molecule has 1 fully saturated rings. The van der Waals surface area contributed by atoms with Gasteiger partial charge in [-0.3, -0.25) is 9.89 Å². The Morgan fingerprint density at radius 1 is 1.24 bits per heavy atom. The molecule has 0 aliphatic heterocycles. The van der Waals surface area contributed by atoms with Crippen LogP contribution in [-0.4, -0.2) is 45.7 Å². The molecule has 1 saturated carbocycles. The molecule has 1 N–H and O–H groups in total. The molecule has 0 bridgehead atoms. The Bertz CT molecular complexity index is 920. The first-order valence-corrected chi connectivity index (χ1v) is 9.89. The lowest BCUT2D eigenvalue weighted by Gasteiger charge is -2.39. The fourth-order valence-electron chi connectivity index (χ4n) is 3.72. The van der Waals surface area contributed by atoms with E-state index in [1.54, 1.807) is 13.1 Å². The van der Waals surface area contributed by atoms with Gasteiger partial charge in [-0.25, -0.2) is 4.79 Å². The molecule has 152 valence electrons. The van der Waals surface area contributed by atoms with E-state index in [-0.39, 0.29) is 11.6 Å². The summed E-state index contributed by atoms with van der Waals surface area (Å²) in [4.78, 5) is 26.7. The number of carbonyl (C=O) groups excluding carboxylic acids is 2. The van der Waals surface area contributed by atoms with Crippen molar-refractivity contribution in [2.45, 2.75) is 57.6 Å². The number of aromatic nitrogens is 2. The van der Waals surface area contributed by atoms with Crippen LogP contribution in [0.1, 0.15) is 55.1 Å². The van der Waals surface area contributed by atoms with Gasteiger partial charge in [0, 0.05) is 12.6 Å². The van der Waals surface area contributed by atoms with Gasteiger partial charge in [0.25, 0.3) is 5.91 Å². The van der Waals surface area contributed by atoms with Crippen molar-refractivity contribution >= 4 is 11.9 Å². The molecule has 1 aromatic heterocycles. The number of esters is 1. The summed E-state index contributed by atoms with van der Waals surface area (Å²) in [5, 5.41) is 16.5. The summed E-state index contributed by atoms with van der Waals surface area (Å²) in [5.74, 6) is -1.03. The number of nitrogens with zero attached hydrogens (tertiary/aromatic N) is 3. The van der Waals surface area contributed by atoms with Gasteiger partial charge in [-0.2, -0.15) is 10.4 Å². The van der Waals surface area contributed by atoms with Crippen molar-refractivity contribution in [1.82, 2.24) is 15.1 Å². The highest BCUT2D eigenvalue weighted by Gasteiger charge is 2.40. The molecule has 1 aromatic carbocycles. The number of carbonyl (C=O) groups is 2. The van der Waals surface area contributed by atoms with Crippen LogP contribution in [0.4, 0.5) is 0 Å². The minimum absolute atomic E-state index is 0.176. The molecule has 7 heteroatoms. The number of hydrogen-bond acceptors (Lipinski definition) is 5. The predicted octanol–water partition coefficient (Wildman–Crippen LogP) is 3.62. The maximum atomic E-state index is 12.8. The van der Waals surface area contributed by atoms with Crippen molar-refractivity contribution in [3.05, 3.63) is 41.6 Å². The summed E-state index contributed by atoms with van der Waals surface area (Å²) >= 11 is 0. The van der Waals surface area contributed by atoms with Crippen LogP contribution in [0.15, 0.2) is 30.3 Å². The number of aromatic amines is 1. The molecule has 0 saturated heterocycles. The molecule has 1 atom stereocenters. The van der Waals surface area contributed by atoms with Gasteiger partial charge in [0.15, 0.2) is 6.10 Å². The lowest BCUT2D eigenvalue weighted by molar-refractivity contribution is -0.143. The zero-order valence-electron chi connectivity index (χ0n) is 17.1. The van der Waals surface area contributed by atoms with E-state index in [9.17, 15) is 14.9 Å². The van der Waals surface area contributed by atoms with E-state index in [2.05, 4.69) is 16.3 Å². The standard InChI is InChI=1S/C22H26N4O3/c1-15-7-9-17(10-8-15)18-13-19(25-24-18)21(28)29-16(2)20(27)26(3)22(14-23)11-5-4-6-12-22/h7-10,13,16H,4-6,11-12H2,1-3H3,(H,24,25). The smallest absolute Gasteiger partial charge is 0.357 e. The van der Waals surface area contributed by atoms with E-state index in [0.717, 1.165) is 30.4 Å². The lowest BCUT2D eigenvalue weighted by Crippen LogP contribution is -2.53. The topological polar surface area (TPSA) is 99.1 Å². The molecular weight excluding hydrogens is 368 g/mol. The number of benzene rings is 1. The first kappa shape index (κ1) is 20.6. The van der Waals surface area contributed by atoms with Crippen LogP contribution in [0.5, 0.6) is 0 Å². The third-order valence-electron chi connectivity index (χ3n) is 5.64. The molecule has 29 heavy (non-hydrogen) atoms. The summed E-state index contributed by atoms with van der Waals surface area (Å²) in [7, 11) is 1.62. The Balaban J connectivity index is 1.66. The number of nitrogens with one attached hydrogen (secondary N) is 1. The van der Waals surface area contributed by atoms with Crippen LogP contribution in [0.3, 0.4) is 0 Å². The van der Waals surface area contributed by atoms with Crippen LogP contribution >= 0.6 is 0 Å². The van der Waals surface area contributed by atoms with Crippen molar-refractivity contribution in [1.29, 1.82) is 5.26 Å². The van der Waals surface area contributed by atoms with Crippen molar-refractivity contribution in [2.24, 2.45) is 0 Å². The summed E-state index contributed by atoms with van der Waals surface area (Å²) in [6.07, 6.45) is 3.19. The highest BCUT2D eigenvalue weighted by atomic mass is 16.5. The largest absolute Gasteiger partial charge is 0.448 e. The molecule has 1 amide bonds. The quantitative estimate of drug-likeness (QED) is 0.781. The van der Waals surface area contributed by atoms with E-state index in [1.807, 2.05) is 31.2 Å². The molecule has 1 unspecified atom stereocenters. The zero-order valence-corrected chi connectivity index (χ0v) is 17.1. The van der Waals surface area contributed by atoms with Gasteiger partial charge >= 0.3 is 5.97 Å². The third-order valence-corrected chi connectivity index (χ3v) is 5.64. The predicted molar refractivity (Wildman–Crippen MR) is 108 cm³/mol. The van der Waals surface area contributed by atoms with E-state index in [0.29, 0.717) is 18.5 Å². The van der Waals surface area contributed by atoms with Crippen LogP contribution in [0.2, 0.25) is 0 Å². The van der Waals surface area contributed by atoms with E-state index < -0.39 is 17.6 Å². The Kier molecular flexibility index (Phi) is 6.02. The number of rotatable bonds is 5. The third kappa shape index (κ3) is 4.32. The number of H-pyrrole nitrogens is 1. The molecule has 1 aliphatic carbocycles. The normalized spacial score (nSPS) is 16.5. The van der Waals surface area contributed by atoms with Gasteiger partial charge in [-0.05, 0) is 32.8 Å². The average molecular weight is 394 g/mol. The highest BCUT2D eigenvalue weighted by Crippen LogP contribution is 2.33. The molecule has 3 rings (SSSR count). The van der Waals surface area contributed by atoms with Crippen LogP contribution in [-0.2, 0) is 9.53 Å². The first-order valence-electron chi connectivity index (χ1n) is 9.89. The van der Waals surface area contributed by atoms with Gasteiger partial charge in [-0.1, -0.05) is 49.1 Å². The fraction of sp³-hybridized carbons (Fsp3) is 0.455. The Hall–Kier alpha value is -3.14. The number of hydrogen-bond donors (Lipinski definition) is 1. The molecule has 1 heterocycles. The fourth-order valence-corrected chi connectivity index (χ4v) is 3.72. The lowest BCUT2D eigenvalue weighted by atomic mass is 9.81. The summed E-state index contributed by atoms with van der Waals surface area (Å²) in [6, 6.07) is 11.7. The maximum Gasteiger partial charge on any atom is 0.357 e. The van der Waals surface area contributed by atoms with Gasteiger partial charge in [0.05, 0.1) is 11.8 Å². The Morgan fingerprint density at radius 3 is 2.52 bits per heavy atom. The van der Waals surface area contributed by atoms with Gasteiger partial charge in [0.1, 0.15) is 11.2 Å². The number of nitriles is 1. The zero-order chi connectivity index (χ0) is 21.0. The van der Waals surface area contributed by atoms with Crippen molar-refractivity contribution in [3.8, 4) is 17.3 Å². The van der Waals surface area contributed by atoms with Gasteiger partial charge < -0.3 is 9.64 Å². The van der Waals surface area contributed by atoms with Crippen LogP contribution in [0.25, 0.3) is 11.3 Å². The summed E-state index contributed by atoms with van der Waals surface area (Å²) < 4.78 is 5.36. The van der Waals surface area contributed by atoms with Crippen LogP contribution in [0, 0.1) is 18.3 Å². The number of likely N-dealkylation sites (N-methyl/N-ethyl adjacent to an activating group) is 1. The summed E-state index contributed by atoms with van der Waals surface area (Å²) in [5.41, 5.74) is 1.99. The molecule has 0 spiro atoms. The average Bonchev–Trinajstić information content (AvgIpc) is 3.24. The van der Waals surface area contributed by atoms with Crippen molar-refractivity contribution < 1.29 is 14.3 Å². The monoisotopic (exact) mass is 394 g/mol. The second-order valence-corrected chi connectivity index (χ2v) is 7.68. The second-order valence-electron chi connectivity index (χ2n) is 7.68. The maximum absolute atomic E-state index is 12.8.